The number of aliphatic imine (C=N–C) groups is 1. The topological polar surface area (TPSA) is 63.5 Å². The predicted molar refractivity (Wildman–Crippen MR) is 95.3 cm³/mol. The summed E-state index contributed by atoms with van der Waals surface area (Å²) in [6.45, 7) is -0.0968. The van der Waals surface area contributed by atoms with Gasteiger partial charge in [-0.1, -0.05) is 0 Å². The molecule has 132 valence electrons. The molecule has 0 spiro atoms. The number of ether oxygens (including phenoxy) is 1. The van der Waals surface area contributed by atoms with Gasteiger partial charge in [-0.25, -0.2) is 4.98 Å². The second-order valence-corrected chi connectivity index (χ2v) is 5.25. The zero-order chi connectivity index (χ0) is 15.8. The minimum atomic E-state index is -2.59. The molecule has 23 heavy (non-hydrogen) atoms. The maximum atomic E-state index is 12.7. The highest BCUT2D eigenvalue weighted by molar-refractivity contribution is 14.0. The van der Waals surface area contributed by atoms with Gasteiger partial charge in [0.05, 0.1) is 6.54 Å². The second kappa shape index (κ2) is 10.7. The molecule has 0 atom stereocenters. The van der Waals surface area contributed by atoms with Crippen molar-refractivity contribution < 1.29 is 13.5 Å². The van der Waals surface area contributed by atoms with Crippen molar-refractivity contribution in [1.29, 1.82) is 0 Å². The van der Waals surface area contributed by atoms with E-state index in [1.54, 1.807) is 7.05 Å². The number of hydrogen-bond donors (Lipinski definition) is 2. The number of imidazole rings is 1. The number of nitrogens with zero attached hydrogens (tertiary/aromatic N) is 3. The summed E-state index contributed by atoms with van der Waals surface area (Å²) in [5.74, 6) is 1.61. The van der Waals surface area contributed by atoms with Gasteiger partial charge in [0.25, 0.3) is 0 Å². The fourth-order valence-electron chi connectivity index (χ4n) is 1.96. The van der Waals surface area contributed by atoms with Crippen LogP contribution in [0.15, 0.2) is 17.4 Å². The first-order chi connectivity index (χ1) is 10.7. The average molecular weight is 443 g/mol. The molecule has 1 aromatic heterocycles. The molecule has 0 aromatic carbocycles. The van der Waals surface area contributed by atoms with Crippen molar-refractivity contribution in [2.45, 2.75) is 32.4 Å². The van der Waals surface area contributed by atoms with Crippen molar-refractivity contribution in [2.24, 2.45) is 10.9 Å². The number of aromatic nitrogens is 2. The summed E-state index contributed by atoms with van der Waals surface area (Å²) in [4.78, 5) is 7.95. The quantitative estimate of drug-likeness (QED) is 0.266. The first-order valence-corrected chi connectivity index (χ1v) is 7.53. The van der Waals surface area contributed by atoms with E-state index in [1.165, 1.54) is 25.2 Å². The third kappa shape index (κ3) is 7.42. The van der Waals surface area contributed by atoms with Gasteiger partial charge in [-0.15, -0.1) is 24.0 Å². The largest absolute Gasteiger partial charge is 0.381 e. The maximum Gasteiger partial charge on any atom is 0.319 e. The fourth-order valence-corrected chi connectivity index (χ4v) is 1.96. The number of hydrogen-bond acceptors (Lipinski definition) is 3. The van der Waals surface area contributed by atoms with Gasteiger partial charge < -0.3 is 15.4 Å². The van der Waals surface area contributed by atoms with E-state index in [2.05, 4.69) is 20.6 Å². The van der Waals surface area contributed by atoms with Crippen molar-refractivity contribution in [2.75, 3.05) is 26.8 Å². The zero-order valence-electron chi connectivity index (χ0n) is 13.2. The monoisotopic (exact) mass is 443 g/mol. The van der Waals surface area contributed by atoms with Gasteiger partial charge in [0.1, 0.15) is 5.82 Å². The molecule has 0 bridgehead atoms. The Morgan fingerprint density at radius 3 is 2.91 bits per heavy atom. The molecule has 0 aliphatic heterocycles. The Kier molecular flexibility index (Phi) is 9.37. The van der Waals surface area contributed by atoms with Crippen LogP contribution in [0.3, 0.4) is 0 Å². The molecule has 1 aliphatic carbocycles. The highest BCUT2D eigenvalue weighted by Gasteiger charge is 2.20. The van der Waals surface area contributed by atoms with E-state index in [-0.39, 0.29) is 36.3 Å². The highest BCUT2D eigenvalue weighted by atomic mass is 127. The van der Waals surface area contributed by atoms with Gasteiger partial charge in [-0.3, -0.25) is 9.56 Å². The molecule has 1 heterocycles. The number of halogens is 3. The Morgan fingerprint density at radius 2 is 2.26 bits per heavy atom. The summed E-state index contributed by atoms with van der Waals surface area (Å²) >= 11 is 0. The van der Waals surface area contributed by atoms with Gasteiger partial charge in [0, 0.05) is 39.2 Å². The predicted octanol–water partition coefficient (Wildman–Crippen LogP) is 2.38. The van der Waals surface area contributed by atoms with Crippen LogP contribution in [-0.2, 0) is 11.3 Å². The Morgan fingerprint density at radius 1 is 1.48 bits per heavy atom. The lowest BCUT2D eigenvalue weighted by Crippen LogP contribution is -2.38. The van der Waals surface area contributed by atoms with Crippen LogP contribution in [0.2, 0.25) is 0 Å². The average Bonchev–Trinajstić information content (AvgIpc) is 3.20. The van der Waals surface area contributed by atoms with Gasteiger partial charge in [-0.05, 0) is 25.2 Å². The molecule has 1 fully saturated rings. The van der Waals surface area contributed by atoms with Crippen molar-refractivity contribution in [3.05, 3.63) is 18.2 Å². The molecule has 0 amide bonds. The Hall–Kier alpha value is -0.970. The molecule has 1 aliphatic rings. The number of nitrogens with one attached hydrogen (secondary N) is 2. The van der Waals surface area contributed by atoms with Crippen molar-refractivity contribution >= 4 is 29.9 Å². The van der Waals surface area contributed by atoms with Crippen LogP contribution in [0.4, 0.5) is 8.78 Å². The Labute approximate surface area is 152 Å². The van der Waals surface area contributed by atoms with Crippen LogP contribution >= 0.6 is 24.0 Å². The smallest absolute Gasteiger partial charge is 0.319 e. The highest BCUT2D eigenvalue weighted by Crippen LogP contribution is 2.28. The van der Waals surface area contributed by atoms with Crippen molar-refractivity contribution in [3.8, 4) is 0 Å². The first-order valence-electron chi connectivity index (χ1n) is 7.53. The lowest BCUT2D eigenvalue weighted by molar-refractivity contribution is 0.0668. The number of guanidine groups is 1. The van der Waals surface area contributed by atoms with Gasteiger partial charge >= 0.3 is 6.55 Å². The summed E-state index contributed by atoms with van der Waals surface area (Å²) in [6, 6.07) is 0. The summed E-state index contributed by atoms with van der Waals surface area (Å²) in [6.07, 6.45) is 6.08. The molecule has 2 rings (SSSR count). The minimum absolute atomic E-state index is 0. The molecule has 9 heteroatoms. The van der Waals surface area contributed by atoms with Crippen LogP contribution < -0.4 is 10.6 Å². The van der Waals surface area contributed by atoms with Gasteiger partial charge in [0.2, 0.25) is 0 Å². The van der Waals surface area contributed by atoms with Crippen LogP contribution in [-0.4, -0.2) is 42.3 Å². The van der Waals surface area contributed by atoms with E-state index in [1.807, 2.05) is 0 Å². The number of alkyl halides is 2. The molecule has 1 saturated carbocycles. The van der Waals surface area contributed by atoms with Crippen LogP contribution in [0.1, 0.15) is 31.6 Å². The molecular weight excluding hydrogens is 419 g/mol. The molecule has 6 nitrogen and oxygen atoms in total. The van der Waals surface area contributed by atoms with E-state index in [9.17, 15) is 8.78 Å². The number of rotatable bonds is 9. The lowest BCUT2D eigenvalue weighted by atomic mass is 10.4. The summed E-state index contributed by atoms with van der Waals surface area (Å²) in [5, 5.41) is 6.09. The van der Waals surface area contributed by atoms with Crippen LogP contribution in [0.5, 0.6) is 0 Å². The fraction of sp³-hybridized carbons (Fsp3) is 0.714. The van der Waals surface area contributed by atoms with Crippen LogP contribution in [0.25, 0.3) is 0 Å². The minimum Gasteiger partial charge on any atom is -0.381 e. The third-order valence-corrected chi connectivity index (χ3v) is 3.41. The SMILES string of the molecule is CN=C(NCCCOCC1CC1)NCc1nccn1C(F)F.I. The van der Waals surface area contributed by atoms with Crippen molar-refractivity contribution in [3.63, 3.8) is 0 Å². The molecule has 0 radical (unpaired) electrons. The summed E-state index contributed by atoms with van der Waals surface area (Å²) in [5.41, 5.74) is 0. The lowest BCUT2D eigenvalue weighted by Gasteiger charge is -2.12. The summed E-state index contributed by atoms with van der Waals surface area (Å²) < 4.78 is 31.7. The molecule has 0 saturated heterocycles. The van der Waals surface area contributed by atoms with Gasteiger partial charge in [0.15, 0.2) is 5.96 Å². The van der Waals surface area contributed by atoms with E-state index >= 15 is 0 Å². The molecule has 2 N–H and O–H groups in total. The molecule has 0 unspecified atom stereocenters. The first kappa shape index (κ1) is 20.1. The third-order valence-electron chi connectivity index (χ3n) is 3.41. The maximum absolute atomic E-state index is 12.7. The molecule has 1 aromatic rings. The van der Waals surface area contributed by atoms with Gasteiger partial charge in [-0.2, -0.15) is 8.78 Å². The van der Waals surface area contributed by atoms with E-state index < -0.39 is 6.55 Å². The Balaban J connectivity index is 0.00000264. The van der Waals surface area contributed by atoms with E-state index in [0.717, 1.165) is 30.1 Å². The second-order valence-electron chi connectivity index (χ2n) is 5.25. The molecular formula is C14H24F2IN5O. The van der Waals surface area contributed by atoms with Crippen LogP contribution in [0, 0.1) is 5.92 Å². The Bertz CT molecular complexity index is 479. The summed E-state index contributed by atoms with van der Waals surface area (Å²) in [7, 11) is 1.64. The van der Waals surface area contributed by atoms with E-state index in [0.29, 0.717) is 12.5 Å². The van der Waals surface area contributed by atoms with Crippen molar-refractivity contribution in [1.82, 2.24) is 20.2 Å². The standard InChI is InChI=1S/C14H23F2N5O.HI/c1-17-14(19-5-2-8-22-10-11-3-4-11)20-9-12-18-6-7-21(12)13(15)16;/h6-7,11,13H,2-5,8-10H2,1H3,(H2,17,19,20);1H. The normalized spacial score (nSPS) is 14.7. The van der Waals surface area contributed by atoms with E-state index in [4.69, 9.17) is 4.74 Å². The zero-order valence-corrected chi connectivity index (χ0v) is 15.5.